The molecule has 2 amide bonds. The highest BCUT2D eigenvalue weighted by Crippen LogP contribution is 2.32. The fourth-order valence-electron chi connectivity index (χ4n) is 3.22. The maximum absolute atomic E-state index is 13.9. The van der Waals surface area contributed by atoms with E-state index in [0.717, 1.165) is 12.1 Å². The molecule has 0 saturated carbocycles. The minimum atomic E-state index is -4.63. The first-order valence-electron chi connectivity index (χ1n) is 8.78. The molecular weight excluding hydrogens is 376 g/mol. The van der Waals surface area contributed by atoms with Crippen LogP contribution in [0.15, 0.2) is 48.5 Å². The van der Waals surface area contributed by atoms with Crippen LogP contribution in [0.5, 0.6) is 0 Å². The molecule has 0 N–H and O–H groups in total. The number of benzene rings is 2. The van der Waals surface area contributed by atoms with Crippen LogP contribution in [0, 0.1) is 5.82 Å². The molecule has 2 aromatic carbocycles. The second-order valence-corrected chi connectivity index (χ2v) is 6.46. The van der Waals surface area contributed by atoms with Crippen LogP contribution in [0.2, 0.25) is 0 Å². The predicted octanol–water partition coefficient (Wildman–Crippen LogP) is 3.83. The lowest BCUT2D eigenvalue weighted by molar-refractivity contribution is -0.138. The van der Waals surface area contributed by atoms with Gasteiger partial charge in [0.05, 0.1) is 16.7 Å². The molecule has 0 radical (unpaired) electrons. The number of rotatable bonds is 2. The van der Waals surface area contributed by atoms with Gasteiger partial charge >= 0.3 is 6.18 Å². The van der Waals surface area contributed by atoms with Crippen LogP contribution in [0.1, 0.15) is 32.7 Å². The fourth-order valence-corrected chi connectivity index (χ4v) is 3.22. The summed E-state index contributed by atoms with van der Waals surface area (Å²) in [5, 5.41) is 0. The van der Waals surface area contributed by atoms with Crippen molar-refractivity contribution in [2.75, 3.05) is 26.2 Å². The minimum absolute atomic E-state index is 0.0651. The molecule has 1 aliphatic rings. The molecule has 1 aliphatic heterocycles. The van der Waals surface area contributed by atoms with E-state index in [2.05, 4.69) is 0 Å². The Bertz CT molecular complexity index is 883. The van der Waals surface area contributed by atoms with Crippen LogP contribution in [0.4, 0.5) is 17.6 Å². The van der Waals surface area contributed by atoms with E-state index >= 15 is 0 Å². The fraction of sp³-hybridized carbons (Fsp3) is 0.300. The summed E-state index contributed by atoms with van der Waals surface area (Å²) in [6.45, 7) is 0.697. The summed E-state index contributed by atoms with van der Waals surface area (Å²) in [6.07, 6.45) is -4.24. The number of alkyl halides is 3. The maximum atomic E-state index is 13.9. The Balaban J connectivity index is 1.75. The van der Waals surface area contributed by atoms with Gasteiger partial charge < -0.3 is 9.80 Å². The monoisotopic (exact) mass is 394 g/mol. The number of hydrogen-bond acceptors (Lipinski definition) is 2. The van der Waals surface area contributed by atoms with Crippen molar-refractivity contribution < 1.29 is 27.2 Å². The molecular formula is C20H18F4N2O2. The molecule has 0 unspecified atom stereocenters. The highest BCUT2D eigenvalue weighted by atomic mass is 19.4. The summed E-state index contributed by atoms with van der Waals surface area (Å²) in [6, 6.07) is 10.2. The third kappa shape index (κ3) is 4.16. The first-order chi connectivity index (χ1) is 13.3. The lowest BCUT2D eigenvalue weighted by Gasteiger charge is -2.23. The highest BCUT2D eigenvalue weighted by Gasteiger charge is 2.36. The Morgan fingerprint density at radius 3 is 1.82 bits per heavy atom. The topological polar surface area (TPSA) is 40.6 Å². The molecule has 1 fully saturated rings. The van der Waals surface area contributed by atoms with E-state index in [1.54, 1.807) is 6.07 Å². The van der Waals surface area contributed by atoms with Crippen LogP contribution in [-0.2, 0) is 6.18 Å². The first-order valence-corrected chi connectivity index (χ1v) is 8.78. The van der Waals surface area contributed by atoms with Gasteiger partial charge in [0, 0.05) is 26.2 Å². The maximum Gasteiger partial charge on any atom is 0.417 e. The summed E-state index contributed by atoms with van der Waals surface area (Å²) in [4.78, 5) is 27.9. The van der Waals surface area contributed by atoms with Crippen molar-refractivity contribution in [1.29, 1.82) is 0 Å². The molecule has 4 nitrogen and oxygen atoms in total. The van der Waals surface area contributed by atoms with E-state index in [0.29, 0.717) is 6.42 Å². The van der Waals surface area contributed by atoms with Crippen molar-refractivity contribution >= 4 is 11.8 Å². The van der Waals surface area contributed by atoms with Crippen molar-refractivity contribution in [2.45, 2.75) is 12.6 Å². The van der Waals surface area contributed by atoms with Gasteiger partial charge in [-0.1, -0.05) is 24.3 Å². The summed E-state index contributed by atoms with van der Waals surface area (Å²) < 4.78 is 53.4. The van der Waals surface area contributed by atoms with Gasteiger partial charge in [-0.25, -0.2) is 4.39 Å². The third-order valence-electron chi connectivity index (χ3n) is 4.64. The zero-order valence-electron chi connectivity index (χ0n) is 14.9. The average molecular weight is 394 g/mol. The standard InChI is InChI=1S/C20H18F4N2O2/c21-17-9-4-2-7-15(17)19(28)26-11-5-10-25(12-13-26)18(27)14-6-1-3-8-16(14)20(22,23)24/h1-4,6-9H,5,10-13H2. The van der Waals surface area contributed by atoms with E-state index in [-0.39, 0.29) is 31.7 Å². The molecule has 3 rings (SSSR count). The van der Waals surface area contributed by atoms with Crippen LogP contribution < -0.4 is 0 Å². The molecule has 0 aliphatic carbocycles. The van der Waals surface area contributed by atoms with Crippen LogP contribution in [0.25, 0.3) is 0 Å². The smallest absolute Gasteiger partial charge is 0.337 e. The van der Waals surface area contributed by atoms with Crippen molar-refractivity contribution in [3.63, 3.8) is 0 Å². The summed E-state index contributed by atoms with van der Waals surface area (Å²) in [5.74, 6) is -1.86. The lowest BCUT2D eigenvalue weighted by atomic mass is 10.1. The first kappa shape index (κ1) is 19.9. The van der Waals surface area contributed by atoms with Gasteiger partial charge in [0.1, 0.15) is 5.82 Å². The Morgan fingerprint density at radius 2 is 1.25 bits per heavy atom. The lowest BCUT2D eigenvalue weighted by Crippen LogP contribution is -2.38. The SMILES string of the molecule is O=C(c1ccccc1F)N1CCCN(C(=O)c2ccccc2C(F)(F)F)CC1. The normalized spacial score (nSPS) is 15.3. The molecule has 8 heteroatoms. The second-order valence-electron chi connectivity index (χ2n) is 6.46. The Hall–Kier alpha value is -2.90. The largest absolute Gasteiger partial charge is 0.417 e. The van der Waals surface area contributed by atoms with Gasteiger partial charge in [-0.05, 0) is 30.7 Å². The van der Waals surface area contributed by atoms with Gasteiger partial charge in [-0.2, -0.15) is 13.2 Å². The summed E-state index contributed by atoms with van der Waals surface area (Å²) in [7, 11) is 0. The van der Waals surface area contributed by atoms with Crippen molar-refractivity contribution in [3.05, 3.63) is 71.0 Å². The molecule has 1 heterocycles. The van der Waals surface area contributed by atoms with Gasteiger partial charge in [-0.15, -0.1) is 0 Å². The van der Waals surface area contributed by atoms with Crippen molar-refractivity contribution in [1.82, 2.24) is 9.80 Å². The number of nitrogens with zero attached hydrogens (tertiary/aromatic N) is 2. The van der Waals surface area contributed by atoms with Crippen LogP contribution >= 0.6 is 0 Å². The van der Waals surface area contributed by atoms with E-state index in [9.17, 15) is 27.2 Å². The van der Waals surface area contributed by atoms with Gasteiger partial charge in [0.25, 0.3) is 11.8 Å². The molecule has 0 spiro atoms. The summed E-state index contributed by atoms with van der Waals surface area (Å²) >= 11 is 0. The molecule has 2 aromatic rings. The highest BCUT2D eigenvalue weighted by molar-refractivity contribution is 5.96. The molecule has 0 aromatic heterocycles. The molecule has 0 bridgehead atoms. The van der Waals surface area contributed by atoms with E-state index in [1.807, 2.05) is 0 Å². The van der Waals surface area contributed by atoms with Gasteiger partial charge in [0.15, 0.2) is 0 Å². The van der Waals surface area contributed by atoms with E-state index < -0.39 is 34.9 Å². The van der Waals surface area contributed by atoms with E-state index in [1.165, 1.54) is 40.1 Å². The Morgan fingerprint density at radius 1 is 0.750 bits per heavy atom. The van der Waals surface area contributed by atoms with Crippen molar-refractivity contribution in [2.24, 2.45) is 0 Å². The second kappa shape index (κ2) is 8.00. The average Bonchev–Trinajstić information content (AvgIpc) is 2.93. The Kier molecular flexibility index (Phi) is 5.67. The number of carbonyl (C=O) groups is 2. The van der Waals surface area contributed by atoms with Gasteiger partial charge in [0.2, 0.25) is 0 Å². The molecule has 28 heavy (non-hydrogen) atoms. The molecule has 148 valence electrons. The van der Waals surface area contributed by atoms with Gasteiger partial charge in [-0.3, -0.25) is 9.59 Å². The Labute approximate surface area is 159 Å². The van der Waals surface area contributed by atoms with E-state index in [4.69, 9.17) is 0 Å². The predicted molar refractivity (Wildman–Crippen MR) is 94.3 cm³/mol. The number of carbonyl (C=O) groups excluding carboxylic acids is 2. The van der Waals surface area contributed by atoms with Crippen LogP contribution in [0.3, 0.4) is 0 Å². The number of hydrogen-bond donors (Lipinski definition) is 0. The summed E-state index contributed by atoms with van der Waals surface area (Å²) in [5.41, 5.74) is -1.46. The zero-order chi connectivity index (χ0) is 20.3. The third-order valence-corrected chi connectivity index (χ3v) is 4.64. The molecule has 1 saturated heterocycles. The van der Waals surface area contributed by atoms with Crippen molar-refractivity contribution in [3.8, 4) is 0 Å². The molecule has 0 atom stereocenters. The number of halogens is 4. The minimum Gasteiger partial charge on any atom is -0.337 e. The quantitative estimate of drug-likeness (QED) is 0.727. The number of amides is 2. The van der Waals surface area contributed by atoms with Crippen LogP contribution in [-0.4, -0.2) is 47.8 Å². The zero-order valence-corrected chi connectivity index (χ0v) is 14.9.